The lowest BCUT2D eigenvalue weighted by Crippen LogP contribution is -2.05. The molecule has 4 heteroatoms. The maximum Gasteiger partial charge on any atom is 0.303 e. The molecule has 0 saturated heterocycles. The summed E-state index contributed by atoms with van der Waals surface area (Å²) in [5, 5.41) is 13.2. The molecule has 0 radical (unpaired) electrons. The second-order valence-corrected chi connectivity index (χ2v) is 7.38. The molecule has 25 heavy (non-hydrogen) atoms. The number of allylic oxidation sites excluding steroid dienone is 1. The van der Waals surface area contributed by atoms with Crippen molar-refractivity contribution in [1.82, 2.24) is 0 Å². The van der Waals surface area contributed by atoms with Crippen LogP contribution in [0, 0.1) is 13.8 Å². The summed E-state index contributed by atoms with van der Waals surface area (Å²) in [4.78, 5) is 10.8. The first kappa shape index (κ1) is 17.7. The lowest BCUT2D eigenvalue weighted by atomic mass is 9.99. The highest BCUT2D eigenvalue weighted by Gasteiger charge is 2.17. The summed E-state index contributed by atoms with van der Waals surface area (Å²) in [5.74, 6) is 0.146. The van der Waals surface area contributed by atoms with Gasteiger partial charge in [0.15, 0.2) is 0 Å². The standard InChI is InChI=1S/C21H24O3S/c1-14-15(2)20(8-6-16(14)7-9-21(22)23)24-12-17-4-3-5-19(17)18-10-11-25-13-18/h6,8,10-11,13H,3-5,7,9,12H2,1-2H3,(H,22,23). The van der Waals surface area contributed by atoms with Crippen LogP contribution >= 0.6 is 11.3 Å². The molecule has 2 aromatic rings. The van der Waals surface area contributed by atoms with Crippen molar-refractivity contribution in [3.05, 3.63) is 56.8 Å². The molecule has 3 rings (SSSR count). The Morgan fingerprint density at radius 1 is 1.20 bits per heavy atom. The van der Waals surface area contributed by atoms with Crippen LogP contribution in [0.15, 0.2) is 34.5 Å². The average molecular weight is 356 g/mol. The number of carbonyl (C=O) groups is 1. The van der Waals surface area contributed by atoms with Gasteiger partial charge in [-0.2, -0.15) is 11.3 Å². The van der Waals surface area contributed by atoms with E-state index < -0.39 is 5.97 Å². The summed E-state index contributed by atoms with van der Waals surface area (Å²) in [6, 6.07) is 6.18. The lowest BCUT2D eigenvalue weighted by molar-refractivity contribution is -0.136. The van der Waals surface area contributed by atoms with Crippen LogP contribution in [0.2, 0.25) is 0 Å². The quantitative estimate of drug-likeness (QED) is 0.722. The van der Waals surface area contributed by atoms with Gasteiger partial charge in [0.2, 0.25) is 0 Å². The first-order chi connectivity index (χ1) is 12.1. The van der Waals surface area contributed by atoms with Crippen molar-refractivity contribution in [3.8, 4) is 5.75 Å². The maximum atomic E-state index is 10.8. The van der Waals surface area contributed by atoms with Crippen molar-refractivity contribution in [2.75, 3.05) is 6.61 Å². The van der Waals surface area contributed by atoms with Crippen molar-refractivity contribution in [1.29, 1.82) is 0 Å². The summed E-state index contributed by atoms with van der Waals surface area (Å²) in [7, 11) is 0. The van der Waals surface area contributed by atoms with Gasteiger partial charge >= 0.3 is 5.97 Å². The molecule has 1 aliphatic rings. The molecular weight excluding hydrogens is 332 g/mol. The van der Waals surface area contributed by atoms with Crippen LogP contribution in [0.4, 0.5) is 0 Å². The smallest absolute Gasteiger partial charge is 0.303 e. The predicted octanol–water partition coefficient (Wildman–Crippen LogP) is 5.40. The number of benzene rings is 1. The van der Waals surface area contributed by atoms with Gasteiger partial charge in [0.25, 0.3) is 0 Å². The number of aryl methyl sites for hydroxylation is 1. The maximum absolute atomic E-state index is 10.8. The van der Waals surface area contributed by atoms with Crippen LogP contribution < -0.4 is 4.74 Å². The monoisotopic (exact) mass is 356 g/mol. The van der Waals surface area contributed by atoms with Crippen LogP contribution in [0.5, 0.6) is 5.75 Å². The SMILES string of the molecule is Cc1c(CCC(=O)O)ccc(OCC2=C(c3ccsc3)CCC2)c1C. The Hall–Kier alpha value is -2.07. The van der Waals surface area contributed by atoms with Gasteiger partial charge < -0.3 is 9.84 Å². The van der Waals surface area contributed by atoms with Crippen LogP contribution in [0.3, 0.4) is 0 Å². The van der Waals surface area contributed by atoms with E-state index in [0.717, 1.165) is 35.3 Å². The minimum atomic E-state index is -0.758. The van der Waals surface area contributed by atoms with Crippen LogP contribution in [0.1, 0.15) is 47.9 Å². The topological polar surface area (TPSA) is 46.5 Å². The van der Waals surface area contributed by atoms with E-state index in [4.69, 9.17) is 9.84 Å². The molecule has 1 N–H and O–H groups in total. The molecule has 0 atom stereocenters. The average Bonchev–Trinajstić information content (AvgIpc) is 3.25. The molecule has 0 bridgehead atoms. The van der Waals surface area contributed by atoms with Gasteiger partial charge in [-0.15, -0.1) is 0 Å². The van der Waals surface area contributed by atoms with Gasteiger partial charge in [-0.25, -0.2) is 0 Å². The molecule has 1 aromatic heterocycles. The van der Waals surface area contributed by atoms with Crippen molar-refractivity contribution >= 4 is 22.9 Å². The van der Waals surface area contributed by atoms with Crippen molar-refractivity contribution in [2.24, 2.45) is 0 Å². The van der Waals surface area contributed by atoms with Crippen LogP contribution in [0.25, 0.3) is 5.57 Å². The normalized spacial score (nSPS) is 14.2. The number of thiophene rings is 1. The van der Waals surface area contributed by atoms with Gasteiger partial charge in [0.1, 0.15) is 12.4 Å². The number of carboxylic acids is 1. The largest absolute Gasteiger partial charge is 0.489 e. The second-order valence-electron chi connectivity index (χ2n) is 6.60. The fourth-order valence-electron chi connectivity index (χ4n) is 3.44. The predicted molar refractivity (Wildman–Crippen MR) is 102 cm³/mol. The number of ether oxygens (including phenoxy) is 1. The first-order valence-electron chi connectivity index (χ1n) is 8.73. The fraction of sp³-hybridized carbons (Fsp3) is 0.381. The van der Waals surface area contributed by atoms with Crippen LogP contribution in [-0.4, -0.2) is 17.7 Å². The zero-order valence-corrected chi connectivity index (χ0v) is 15.6. The molecule has 1 aliphatic carbocycles. The summed E-state index contributed by atoms with van der Waals surface area (Å²) in [6.45, 7) is 4.74. The molecule has 3 nitrogen and oxygen atoms in total. The molecule has 0 fully saturated rings. The third-order valence-electron chi connectivity index (χ3n) is 5.06. The Morgan fingerprint density at radius 3 is 2.76 bits per heavy atom. The summed E-state index contributed by atoms with van der Waals surface area (Å²) < 4.78 is 6.14. The molecule has 0 unspecified atom stereocenters. The zero-order valence-electron chi connectivity index (χ0n) is 14.8. The molecule has 1 aromatic carbocycles. The molecule has 1 heterocycles. The van der Waals surface area contributed by atoms with Gasteiger partial charge in [0, 0.05) is 6.42 Å². The van der Waals surface area contributed by atoms with Crippen LogP contribution in [-0.2, 0) is 11.2 Å². The summed E-state index contributed by atoms with van der Waals surface area (Å²) in [6.07, 6.45) is 4.19. The minimum absolute atomic E-state index is 0.164. The summed E-state index contributed by atoms with van der Waals surface area (Å²) in [5.41, 5.74) is 7.54. The van der Waals surface area contributed by atoms with Gasteiger partial charge in [-0.05, 0) is 95.8 Å². The Morgan fingerprint density at radius 2 is 2.04 bits per heavy atom. The van der Waals surface area contributed by atoms with E-state index >= 15 is 0 Å². The third-order valence-corrected chi connectivity index (χ3v) is 5.74. The highest BCUT2D eigenvalue weighted by atomic mass is 32.1. The third kappa shape index (κ3) is 4.13. The Bertz CT molecular complexity index is 788. The number of rotatable bonds is 7. The van der Waals surface area contributed by atoms with Gasteiger partial charge in [-0.3, -0.25) is 4.79 Å². The van der Waals surface area contributed by atoms with E-state index in [1.165, 1.54) is 23.1 Å². The molecule has 132 valence electrons. The Balaban J connectivity index is 1.72. The number of carboxylic acid groups (broad SMARTS) is 1. The molecule has 0 amide bonds. The Labute approximate surface area is 153 Å². The number of hydrogen-bond acceptors (Lipinski definition) is 3. The number of hydrogen-bond donors (Lipinski definition) is 1. The molecular formula is C21H24O3S. The zero-order chi connectivity index (χ0) is 17.8. The first-order valence-corrected chi connectivity index (χ1v) is 9.67. The Kier molecular flexibility index (Phi) is 5.59. The van der Waals surface area contributed by atoms with Crippen molar-refractivity contribution in [2.45, 2.75) is 46.0 Å². The second kappa shape index (κ2) is 7.87. The highest BCUT2D eigenvalue weighted by molar-refractivity contribution is 7.08. The van der Waals surface area contributed by atoms with E-state index in [1.54, 1.807) is 11.3 Å². The van der Waals surface area contributed by atoms with Crippen molar-refractivity contribution in [3.63, 3.8) is 0 Å². The molecule has 0 saturated carbocycles. The van der Waals surface area contributed by atoms with Gasteiger partial charge in [0.05, 0.1) is 0 Å². The summed E-state index contributed by atoms with van der Waals surface area (Å²) >= 11 is 1.74. The fourth-order valence-corrected chi connectivity index (χ4v) is 4.11. The van der Waals surface area contributed by atoms with E-state index in [-0.39, 0.29) is 6.42 Å². The van der Waals surface area contributed by atoms with E-state index in [0.29, 0.717) is 13.0 Å². The molecule has 0 spiro atoms. The van der Waals surface area contributed by atoms with E-state index in [9.17, 15) is 4.79 Å². The number of aliphatic carboxylic acids is 1. The van der Waals surface area contributed by atoms with E-state index in [1.807, 2.05) is 19.1 Å². The van der Waals surface area contributed by atoms with Gasteiger partial charge in [-0.1, -0.05) is 6.07 Å². The molecule has 0 aliphatic heterocycles. The van der Waals surface area contributed by atoms with Crippen molar-refractivity contribution < 1.29 is 14.6 Å². The van der Waals surface area contributed by atoms with E-state index in [2.05, 4.69) is 23.8 Å². The minimum Gasteiger partial charge on any atom is -0.489 e. The lowest BCUT2D eigenvalue weighted by Gasteiger charge is -2.15. The highest BCUT2D eigenvalue weighted by Crippen LogP contribution is 2.35.